The molecule has 0 spiro atoms. The first-order valence-corrected chi connectivity index (χ1v) is 10.3. The molecule has 0 saturated carbocycles. The summed E-state index contributed by atoms with van der Waals surface area (Å²) in [4.78, 5) is 0. The Hall–Kier alpha value is 0.799. The summed E-state index contributed by atoms with van der Waals surface area (Å²) in [5.74, 6) is 0. The monoisotopic (exact) mass is 318 g/mol. The number of unbranched alkanes of at least 4 members (excludes halogenated alkanes) is 2. The maximum absolute atomic E-state index is 2.41. The van der Waals surface area contributed by atoms with Crippen molar-refractivity contribution in [3.8, 4) is 0 Å². The Morgan fingerprint density at radius 3 is 1.40 bits per heavy atom. The molecule has 0 aromatic rings. The van der Waals surface area contributed by atoms with Gasteiger partial charge in [-0.1, -0.05) is 0 Å². The van der Waals surface area contributed by atoms with Gasteiger partial charge in [-0.2, -0.15) is 0 Å². The second-order valence-electron chi connectivity index (χ2n) is 4.66. The van der Waals surface area contributed by atoms with Crippen molar-refractivity contribution in [3.63, 3.8) is 0 Å². The van der Waals surface area contributed by atoms with Gasteiger partial charge in [-0.25, -0.2) is 0 Å². The molecule has 0 bridgehead atoms. The second-order valence-corrected chi connectivity index (χ2v) is 10.3. The van der Waals surface area contributed by atoms with Crippen molar-refractivity contribution >= 4 is 21.1 Å². The van der Waals surface area contributed by atoms with E-state index in [1.807, 2.05) is 0 Å². The minimum atomic E-state index is -0.0913. The molecule has 2 atom stereocenters. The van der Waals surface area contributed by atoms with Crippen LogP contribution in [0.5, 0.6) is 0 Å². The molecule has 90 valence electrons. The average molecular weight is 317 g/mol. The Bertz CT molecular complexity index is 109. The minimum absolute atomic E-state index is 0.0913. The molecular formula is C14H30Sn. The van der Waals surface area contributed by atoms with Crippen molar-refractivity contribution in [2.45, 2.75) is 86.9 Å². The maximum atomic E-state index is 2.41. The molecule has 0 saturated heterocycles. The topological polar surface area (TPSA) is 0 Å². The zero-order chi connectivity index (χ0) is 11.5. The van der Waals surface area contributed by atoms with Gasteiger partial charge in [-0.05, 0) is 0 Å². The van der Waals surface area contributed by atoms with Crippen LogP contribution in [0, 0.1) is 0 Å². The van der Waals surface area contributed by atoms with Crippen LogP contribution >= 0.6 is 0 Å². The fourth-order valence-corrected chi connectivity index (χ4v) is 7.41. The molecule has 0 N–H and O–H groups in total. The van der Waals surface area contributed by atoms with Crippen molar-refractivity contribution in [1.29, 1.82) is 0 Å². The molecule has 0 heterocycles. The number of hydrogen-bond donors (Lipinski definition) is 0. The van der Waals surface area contributed by atoms with Crippen LogP contribution < -0.4 is 0 Å². The molecule has 1 heteroatoms. The van der Waals surface area contributed by atoms with Gasteiger partial charge in [0, 0.05) is 0 Å². The summed E-state index contributed by atoms with van der Waals surface area (Å²) in [6.07, 6.45) is 11.8. The van der Waals surface area contributed by atoms with E-state index in [1.165, 1.54) is 46.4 Å². The van der Waals surface area contributed by atoms with E-state index in [-0.39, 0.29) is 21.1 Å². The van der Waals surface area contributed by atoms with Gasteiger partial charge in [-0.3, -0.25) is 0 Å². The molecule has 2 unspecified atom stereocenters. The summed E-state index contributed by atoms with van der Waals surface area (Å²) in [5, 5.41) is 0. The molecule has 0 fully saturated rings. The molecule has 15 heavy (non-hydrogen) atoms. The first-order valence-electron chi connectivity index (χ1n) is 7.04. The van der Waals surface area contributed by atoms with Gasteiger partial charge in [0.25, 0.3) is 0 Å². The van der Waals surface area contributed by atoms with Gasteiger partial charge in [0.15, 0.2) is 0 Å². The quantitative estimate of drug-likeness (QED) is 0.469. The van der Waals surface area contributed by atoms with Crippen LogP contribution in [0.2, 0.25) is 7.87 Å². The second kappa shape index (κ2) is 11.3. The number of rotatable bonds is 10. The standard InChI is InChI=1S/2C7H15.Sn/c2*1-3-5-7-6-4-2;/h2*5H,3-4,6-7H2,1-2H3;. The summed E-state index contributed by atoms with van der Waals surface area (Å²) < 4.78 is 2.35. The third-order valence-electron chi connectivity index (χ3n) is 3.27. The fourth-order valence-electron chi connectivity index (χ4n) is 2.04. The molecule has 0 aromatic heterocycles. The van der Waals surface area contributed by atoms with Gasteiger partial charge in [-0.15, -0.1) is 0 Å². The van der Waals surface area contributed by atoms with Crippen LogP contribution in [0.4, 0.5) is 0 Å². The van der Waals surface area contributed by atoms with Gasteiger partial charge < -0.3 is 0 Å². The van der Waals surface area contributed by atoms with Gasteiger partial charge >= 0.3 is 108 Å². The predicted molar refractivity (Wildman–Crippen MR) is 72.9 cm³/mol. The molecule has 0 rings (SSSR count). The van der Waals surface area contributed by atoms with Gasteiger partial charge in [0.1, 0.15) is 0 Å². The van der Waals surface area contributed by atoms with E-state index in [1.54, 1.807) is 12.8 Å². The SMILES string of the molecule is CCCC[CH](CC)[Sn][CH](CC)CCCC. The van der Waals surface area contributed by atoms with E-state index in [4.69, 9.17) is 0 Å². The summed E-state index contributed by atoms with van der Waals surface area (Å²) >= 11 is -0.0913. The van der Waals surface area contributed by atoms with Crippen molar-refractivity contribution in [1.82, 2.24) is 0 Å². The molecule has 2 radical (unpaired) electrons. The Morgan fingerprint density at radius 1 is 0.733 bits per heavy atom. The van der Waals surface area contributed by atoms with E-state index < -0.39 is 0 Å². The van der Waals surface area contributed by atoms with E-state index >= 15 is 0 Å². The van der Waals surface area contributed by atoms with Crippen molar-refractivity contribution in [3.05, 3.63) is 0 Å². The van der Waals surface area contributed by atoms with E-state index in [9.17, 15) is 0 Å². The molecule has 0 aromatic carbocycles. The summed E-state index contributed by atoms with van der Waals surface area (Å²) in [6.45, 7) is 9.47. The molecule has 0 aliphatic heterocycles. The van der Waals surface area contributed by atoms with Crippen LogP contribution in [-0.4, -0.2) is 21.1 Å². The normalized spacial score (nSPS) is 15.2. The zero-order valence-electron chi connectivity index (χ0n) is 11.3. The van der Waals surface area contributed by atoms with Crippen molar-refractivity contribution in [2.75, 3.05) is 0 Å². The molecule has 0 aliphatic carbocycles. The Kier molecular flexibility index (Phi) is 11.9. The van der Waals surface area contributed by atoms with E-state index in [2.05, 4.69) is 27.7 Å². The average Bonchev–Trinajstić information content (AvgIpc) is 2.28. The Balaban J connectivity index is 3.77. The van der Waals surface area contributed by atoms with Crippen LogP contribution in [0.25, 0.3) is 0 Å². The zero-order valence-corrected chi connectivity index (χ0v) is 14.2. The molecule has 0 nitrogen and oxygen atoms in total. The van der Waals surface area contributed by atoms with Crippen molar-refractivity contribution in [2.24, 2.45) is 0 Å². The molecular weight excluding hydrogens is 287 g/mol. The van der Waals surface area contributed by atoms with Crippen LogP contribution in [0.1, 0.15) is 79.1 Å². The van der Waals surface area contributed by atoms with E-state index in [0.717, 1.165) is 0 Å². The Morgan fingerprint density at radius 2 is 1.13 bits per heavy atom. The summed E-state index contributed by atoms with van der Waals surface area (Å²) in [6, 6.07) is 0. The third-order valence-corrected chi connectivity index (χ3v) is 9.94. The fraction of sp³-hybridized carbons (Fsp3) is 1.00. The van der Waals surface area contributed by atoms with Gasteiger partial charge in [0.05, 0.1) is 0 Å². The first kappa shape index (κ1) is 15.8. The van der Waals surface area contributed by atoms with E-state index in [0.29, 0.717) is 0 Å². The summed E-state index contributed by atoms with van der Waals surface area (Å²) in [7, 11) is 0. The Labute approximate surface area is 108 Å². The van der Waals surface area contributed by atoms with Crippen molar-refractivity contribution < 1.29 is 0 Å². The summed E-state index contributed by atoms with van der Waals surface area (Å²) in [5.41, 5.74) is 0. The molecule has 0 aliphatic rings. The van der Waals surface area contributed by atoms with Gasteiger partial charge in [0.2, 0.25) is 0 Å². The predicted octanol–water partition coefficient (Wildman–Crippen LogP) is 5.47. The van der Waals surface area contributed by atoms with Crippen LogP contribution in [-0.2, 0) is 0 Å². The number of hydrogen-bond acceptors (Lipinski definition) is 0. The van der Waals surface area contributed by atoms with Crippen LogP contribution in [0.3, 0.4) is 0 Å². The van der Waals surface area contributed by atoms with Crippen LogP contribution in [0.15, 0.2) is 0 Å². The third kappa shape index (κ3) is 8.59. The molecule has 0 amide bonds. The first-order chi connectivity index (χ1) is 7.28.